The van der Waals surface area contributed by atoms with E-state index in [2.05, 4.69) is 35.7 Å². The molecule has 1 aliphatic heterocycles. The number of rotatable bonds is 6. The SMILES string of the molecule is Cc1ccc(CN2CCc3c(COCC4CC4)nn(C)c3C2)s1. The van der Waals surface area contributed by atoms with Crippen molar-refractivity contribution in [2.75, 3.05) is 13.2 Å². The van der Waals surface area contributed by atoms with Crippen LogP contribution in [0.3, 0.4) is 0 Å². The van der Waals surface area contributed by atoms with Crippen LogP contribution in [0.1, 0.15) is 39.5 Å². The summed E-state index contributed by atoms with van der Waals surface area (Å²) in [4.78, 5) is 5.39. The summed E-state index contributed by atoms with van der Waals surface area (Å²) in [6.07, 6.45) is 3.78. The zero-order valence-electron chi connectivity index (χ0n) is 14.0. The van der Waals surface area contributed by atoms with E-state index in [0.717, 1.165) is 44.3 Å². The summed E-state index contributed by atoms with van der Waals surface area (Å²) in [5, 5.41) is 4.72. The molecular weight excluding hydrogens is 306 g/mol. The third-order valence-electron chi connectivity index (χ3n) is 4.87. The normalized spacial score (nSPS) is 18.3. The number of thiophene rings is 1. The summed E-state index contributed by atoms with van der Waals surface area (Å²) in [5.74, 6) is 0.819. The molecule has 2 aromatic heterocycles. The summed E-state index contributed by atoms with van der Waals surface area (Å²) in [7, 11) is 2.07. The quantitative estimate of drug-likeness (QED) is 0.814. The lowest BCUT2D eigenvalue weighted by Gasteiger charge is -2.27. The van der Waals surface area contributed by atoms with Gasteiger partial charge in [0.05, 0.1) is 18.0 Å². The average Bonchev–Trinajstić information content (AvgIpc) is 3.19. The maximum Gasteiger partial charge on any atom is 0.0917 e. The predicted molar refractivity (Wildman–Crippen MR) is 92.5 cm³/mol. The smallest absolute Gasteiger partial charge is 0.0917 e. The van der Waals surface area contributed by atoms with Gasteiger partial charge >= 0.3 is 0 Å². The molecule has 0 saturated heterocycles. The molecule has 0 radical (unpaired) electrons. The van der Waals surface area contributed by atoms with Crippen molar-refractivity contribution >= 4 is 11.3 Å². The first-order valence-electron chi connectivity index (χ1n) is 8.58. The minimum absolute atomic E-state index is 0.684. The second-order valence-electron chi connectivity index (χ2n) is 6.93. The van der Waals surface area contributed by atoms with E-state index in [1.165, 1.54) is 33.9 Å². The van der Waals surface area contributed by atoms with Crippen molar-refractivity contribution in [3.8, 4) is 0 Å². The van der Waals surface area contributed by atoms with E-state index in [1.807, 2.05) is 11.3 Å². The maximum absolute atomic E-state index is 5.86. The Morgan fingerprint density at radius 1 is 1.35 bits per heavy atom. The number of aryl methyl sites for hydroxylation is 2. The van der Waals surface area contributed by atoms with E-state index in [4.69, 9.17) is 9.84 Å². The topological polar surface area (TPSA) is 30.3 Å². The van der Waals surface area contributed by atoms with Crippen LogP contribution < -0.4 is 0 Å². The molecule has 0 N–H and O–H groups in total. The fourth-order valence-electron chi connectivity index (χ4n) is 3.36. The molecule has 0 aromatic carbocycles. The molecule has 1 saturated carbocycles. The van der Waals surface area contributed by atoms with Gasteiger partial charge in [0.25, 0.3) is 0 Å². The summed E-state index contributed by atoms with van der Waals surface area (Å²) in [6, 6.07) is 4.48. The second kappa shape index (κ2) is 6.38. The van der Waals surface area contributed by atoms with Crippen molar-refractivity contribution in [3.63, 3.8) is 0 Å². The van der Waals surface area contributed by atoms with Crippen molar-refractivity contribution in [1.82, 2.24) is 14.7 Å². The molecule has 2 aliphatic rings. The molecule has 0 spiro atoms. The largest absolute Gasteiger partial charge is 0.375 e. The molecule has 0 amide bonds. The Labute approximate surface area is 142 Å². The fraction of sp³-hybridized carbons (Fsp3) is 0.611. The first-order valence-corrected chi connectivity index (χ1v) is 9.39. The molecule has 1 aliphatic carbocycles. The van der Waals surface area contributed by atoms with Crippen LogP contribution in [0, 0.1) is 12.8 Å². The number of nitrogens with zero attached hydrogens (tertiary/aromatic N) is 3. The van der Waals surface area contributed by atoms with Crippen molar-refractivity contribution in [2.45, 2.75) is 45.9 Å². The Morgan fingerprint density at radius 2 is 2.22 bits per heavy atom. The van der Waals surface area contributed by atoms with Crippen LogP contribution in [0.25, 0.3) is 0 Å². The van der Waals surface area contributed by atoms with Gasteiger partial charge in [-0.2, -0.15) is 5.10 Å². The average molecular weight is 331 g/mol. The highest BCUT2D eigenvalue weighted by atomic mass is 32.1. The minimum atomic E-state index is 0.684. The number of hydrogen-bond donors (Lipinski definition) is 0. The summed E-state index contributed by atoms with van der Waals surface area (Å²) in [5.41, 5.74) is 3.96. The van der Waals surface area contributed by atoms with Gasteiger partial charge in [0.1, 0.15) is 0 Å². The molecule has 4 nitrogen and oxygen atoms in total. The van der Waals surface area contributed by atoms with Crippen LogP contribution in [0.5, 0.6) is 0 Å². The van der Waals surface area contributed by atoms with Crippen molar-refractivity contribution in [2.24, 2.45) is 13.0 Å². The number of ether oxygens (including phenoxy) is 1. The van der Waals surface area contributed by atoms with E-state index < -0.39 is 0 Å². The Morgan fingerprint density at radius 3 is 2.96 bits per heavy atom. The van der Waals surface area contributed by atoms with Gasteiger partial charge < -0.3 is 4.74 Å². The lowest BCUT2D eigenvalue weighted by Crippen LogP contribution is -2.30. The van der Waals surface area contributed by atoms with Gasteiger partial charge in [0.2, 0.25) is 0 Å². The monoisotopic (exact) mass is 331 g/mol. The Kier molecular flexibility index (Phi) is 4.26. The second-order valence-corrected chi connectivity index (χ2v) is 8.30. The van der Waals surface area contributed by atoms with Crippen molar-refractivity contribution in [1.29, 1.82) is 0 Å². The molecule has 3 heterocycles. The Bertz CT molecular complexity index is 686. The van der Waals surface area contributed by atoms with E-state index >= 15 is 0 Å². The van der Waals surface area contributed by atoms with Crippen molar-refractivity contribution in [3.05, 3.63) is 38.8 Å². The van der Waals surface area contributed by atoms with Crippen LogP contribution in [0.2, 0.25) is 0 Å². The number of hydrogen-bond acceptors (Lipinski definition) is 4. The van der Waals surface area contributed by atoms with Crippen molar-refractivity contribution < 1.29 is 4.74 Å². The van der Waals surface area contributed by atoms with Gasteiger partial charge in [-0.05, 0) is 44.2 Å². The molecule has 1 fully saturated rings. The van der Waals surface area contributed by atoms with E-state index in [1.54, 1.807) is 0 Å². The first kappa shape index (κ1) is 15.4. The lowest BCUT2D eigenvalue weighted by molar-refractivity contribution is 0.107. The molecule has 0 unspecified atom stereocenters. The fourth-order valence-corrected chi connectivity index (χ4v) is 4.29. The van der Waals surface area contributed by atoms with E-state index in [0.29, 0.717) is 6.61 Å². The standard InChI is InChI=1S/C18H25N3OS/c1-13-3-6-15(23-13)9-21-8-7-16-17(12-22-11-14-4-5-14)19-20(2)18(16)10-21/h3,6,14H,4-5,7-12H2,1-2H3. The van der Waals surface area contributed by atoms with Gasteiger partial charge in [-0.25, -0.2) is 0 Å². The highest BCUT2D eigenvalue weighted by Crippen LogP contribution is 2.30. The molecule has 4 rings (SSSR count). The number of aromatic nitrogens is 2. The minimum Gasteiger partial charge on any atom is -0.375 e. The third kappa shape index (κ3) is 3.52. The molecule has 5 heteroatoms. The maximum atomic E-state index is 5.86. The molecule has 2 aromatic rings. The summed E-state index contributed by atoms with van der Waals surface area (Å²) >= 11 is 1.91. The van der Waals surface area contributed by atoms with Gasteiger partial charge in [-0.3, -0.25) is 9.58 Å². The van der Waals surface area contributed by atoms with Crippen LogP contribution >= 0.6 is 11.3 Å². The molecular formula is C18H25N3OS. The van der Waals surface area contributed by atoms with E-state index in [9.17, 15) is 0 Å². The Balaban J connectivity index is 1.41. The molecule has 23 heavy (non-hydrogen) atoms. The molecule has 0 atom stereocenters. The number of fused-ring (bicyclic) bond motifs is 1. The Hall–Kier alpha value is -1.17. The summed E-state index contributed by atoms with van der Waals surface area (Å²) < 4.78 is 7.93. The van der Waals surface area contributed by atoms with Crippen LogP contribution in [0.4, 0.5) is 0 Å². The third-order valence-corrected chi connectivity index (χ3v) is 5.86. The van der Waals surface area contributed by atoms with Crippen LogP contribution in [-0.2, 0) is 37.9 Å². The highest BCUT2D eigenvalue weighted by Gasteiger charge is 2.25. The van der Waals surface area contributed by atoms with Gasteiger partial charge in [-0.15, -0.1) is 11.3 Å². The van der Waals surface area contributed by atoms with Gasteiger partial charge in [0.15, 0.2) is 0 Å². The zero-order valence-corrected chi connectivity index (χ0v) is 14.9. The van der Waals surface area contributed by atoms with Crippen LogP contribution in [-0.4, -0.2) is 27.8 Å². The van der Waals surface area contributed by atoms with Gasteiger partial charge in [0, 0.05) is 48.6 Å². The van der Waals surface area contributed by atoms with E-state index in [-0.39, 0.29) is 0 Å². The molecule has 124 valence electrons. The van der Waals surface area contributed by atoms with Crippen LogP contribution in [0.15, 0.2) is 12.1 Å². The lowest BCUT2D eigenvalue weighted by atomic mass is 10.0. The molecule has 0 bridgehead atoms. The predicted octanol–water partition coefficient (Wildman–Crippen LogP) is 3.27. The summed E-state index contributed by atoms with van der Waals surface area (Å²) in [6.45, 7) is 6.94. The first-order chi connectivity index (χ1) is 11.2. The zero-order chi connectivity index (χ0) is 15.8. The van der Waals surface area contributed by atoms with Gasteiger partial charge in [-0.1, -0.05) is 0 Å². The highest BCUT2D eigenvalue weighted by molar-refractivity contribution is 7.11.